The van der Waals surface area contributed by atoms with E-state index in [4.69, 9.17) is 5.73 Å². The molecular weight excluding hydrogens is 310 g/mol. The predicted molar refractivity (Wildman–Crippen MR) is 94.1 cm³/mol. The van der Waals surface area contributed by atoms with Crippen molar-refractivity contribution >= 4 is 15.9 Å². The topological polar surface area (TPSA) is 75.4 Å². The number of rotatable bonds is 7. The number of benzene rings is 2. The first-order valence-corrected chi connectivity index (χ1v) is 8.92. The van der Waals surface area contributed by atoms with Gasteiger partial charge in [0.2, 0.25) is 0 Å². The Morgan fingerprint density at radius 2 is 1.83 bits per heavy atom. The standard InChI is InChI=1S/C17H23N3O2S/c1-14-12-17(18)9-8-16(14)10-11-20(2)23(21,22)19-13-15-6-4-3-5-7-15/h3-9,12,19H,10-11,13,18H2,1-2H3. The van der Waals surface area contributed by atoms with Crippen molar-refractivity contribution in [1.82, 2.24) is 9.03 Å². The Morgan fingerprint density at radius 3 is 2.48 bits per heavy atom. The molecule has 6 heteroatoms. The van der Waals surface area contributed by atoms with Gasteiger partial charge in [0.15, 0.2) is 0 Å². The largest absolute Gasteiger partial charge is 0.399 e. The molecule has 0 atom stereocenters. The van der Waals surface area contributed by atoms with Gasteiger partial charge in [0, 0.05) is 25.8 Å². The molecule has 2 rings (SSSR count). The zero-order valence-electron chi connectivity index (χ0n) is 13.5. The number of aryl methyl sites for hydroxylation is 1. The van der Waals surface area contributed by atoms with Crippen LogP contribution in [0.1, 0.15) is 16.7 Å². The van der Waals surface area contributed by atoms with Crippen LogP contribution in [-0.2, 0) is 23.2 Å². The molecule has 0 aliphatic carbocycles. The van der Waals surface area contributed by atoms with Crippen molar-refractivity contribution in [2.24, 2.45) is 0 Å². The summed E-state index contributed by atoms with van der Waals surface area (Å²) < 4.78 is 28.5. The molecule has 2 aromatic rings. The minimum atomic E-state index is -3.49. The monoisotopic (exact) mass is 333 g/mol. The third-order valence-corrected chi connectivity index (χ3v) is 5.29. The van der Waals surface area contributed by atoms with Crippen LogP contribution in [0.4, 0.5) is 5.69 Å². The van der Waals surface area contributed by atoms with Gasteiger partial charge in [0.1, 0.15) is 0 Å². The van der Waals surface area contributed by atoms with Gasteiger partial charge in [-0.05, 0) is 42.2 Å². The highest BCUT2D eigenvalue weighted by Crippen LogP contribution is 2.13. The summed E-state index contributed by atoms with van der Waals surface area (Å²) in [5, 5.41) is 0. The van der Waals surface area contributed by atoms with Gasteiger partial charge < -0.3 is 5.73 Å². The highest BCUT2D eigenvalue weighted by atomic mass is 32.2. The molecule has 0 saturated carbocycles. The normalized spacial score (nSPS) is 11.8. The van der Waals surface area contributed by atoms with Gasteiger partial charge in [-0.1, -0.05) is 36.4 Å². The minimum absolute atomic E-state index is 0.286. The molecule has 0 unspecified atom stereocenters. The second kappa shape index (κ2) is 7.59. The van der Waals surface area contributed by atoms with E-state index in [1.54, 1.807) is 7.05 Å². The van der Waals surface area contributed by atoms with Gasteiger partial charge in [0.25, 0.3) is 10.2 Å². The zero-order valence-corrected chi connectivity index (χ0v) is 14.3. The van der Waals surface area contributed by atoms with Crippen molar-refractivity contribution in [1.29, 1.82) is 0 Å². The molecule has 2 aromatic carbocycles. The minimum Gasteiger partial charge on any atom is -0.399 e. The molecule has 0 amide bonds. The Morgan fingerprint density at radius 1 is 1.13 bits per heavy atom. The van der Waals surface area contributed by atoms with Crippen molar-refractivity contribution in [3.05, 3.63) is 65.2 Å². The molecule has 0 aliphatic rings. The van der Waals surface area contributed by atoms with Crippen LogP contribution in [0.3, 0.4) is 0 Å². The van der Waals surface area contributed by atoms with E-state index in [0.717, 1.165) is 22.4 Å². The molecule has 0 radical (unpaired) electrons. The Kier molecular flexibility index (Phi) is 5.76. The van der Waals surface area contributed by atoms with E-state index < -0.39 is 10.2 Å². The van der Waals surface area contributed by atoms with Crippen LogP contribution in [0.2, 0.25) is 0 Å². The highest BCUT2D eigenvalue weighted by Gasteiger charge is 2.17. The summed E-state index contributed by atoms with van der Waals surface area (Å²) in [6.07, 6.45) is 0.648. The summed E-state index contributed by atoms with van der Waals surface area (Å²) in [6, 6.07) is 15.1. The highest BCUT2D eigenvalue weighted by molar-refractivity contribution is 7.87. The number of hydrogen-bond donors (Lipinski definition) is 2. The fraction of sp³-hybridized carbons (Fsp3) is 0.294. The van der Waals surface area contributed by atoms with Crippen LogP contribution in [-0.4, -0.2) is 26.3 Å². The van der Waals surface area contributed by atoms with E-state index >= 15 is 0 Å². The maximum Gasteiger partial charge on any atom is 0.279 e. The predicted octanol–water partition coefficient (Wildman–Crippen LogP) is 2.09. The number of likely N-dealkylation sites (N-methyl/N-ethyl adjacent to an activating group) is 1. The molecule has 0 aliphatic heterocycles. The van der Waals surface area contributed by atoms with Crippen LogP contribution >= 0.6 is 0 Å². The van der Waals surface area contributed by atoms with E-state index in [1.807, 2.05) is 55.5 Å². The summed E-state index contributed by atoms with van der Waals surface area (Å²) in [5.74, 6) is 0. The van der Waals surface area contributed by atoms with E-state index in [1.165, 1.54) is 4.31 Å². The Labute approximate surface area is 138 Å². The summed E-state index contributed by atoms with van der Waals surface area (Å²) >= 11 is 0. The molecule has 124 valence electrons. The molecule has 0 heterocycles. The molecule has 0 saturated heterocycles. The average Bonchev–Trinajstić information content (AvgIpc) is 2.53. The number of hydrogen-bond acceptors (Lipinski definition) is 3. The van der Waals surface area contributed by atoms with Crippen molar-refractivity contribution in [3.63, 3.8) is 0 Å². The molecule has 0 bridgehead atoms. The third kappa shape index (κ3) is 5.06. The first-order valence-electron chi connectivity index (χ1n) is 7.48. The molecule has 0 aromatic heterocycles. The fourth-order valence-electron chi connectivity index (χ4n) is 2.28. The lowest BCUT2D eigenvalue weighted by Crippen LogP contribution is -2.38. The van der Waals surface area contributed by atoms with Crippen LogP contribution < -0.4 is 10.5 Å². The van der Waals surface area contributed by atoms with E-state index in [9.17, 15) is 8.42 Å². The maximum absolute atomic E-state index is 12.3. The first-order chi connectivity index (χ1) is 10.9. The van der Waals surface area contributed by atoms with Crippen molar-refractivity contribution in [2.75, 3.05) is 19.3 Å². The van der Waals surface area contributed by atoms with Crippen LogP contribution in [0.5, 0.6) is 0 Å². The van der Waals surface area contributed by atoms with Crippen molar-refractivity contribution < 1.29 is 8.42 Å². The molecule has 5 nitrogen and oxygen atoms in total. The molecule has 23 heavy (non-hydrogen) atoms. The van der Waals surface area contributed by atoms with Gasteiger partial charge in [-0.3, -0.25) is 0 Å². The summed E-state index contributed by atoms with van der Waals surface area (Å²) in [4.78, 5) is 0. The lowest BCUT2D eigenvalue weighted by atomic mass is 10.1. The fourth-order valence-corrected chi connectivity index (χ4v) is 3.18. The van der Waals surface area contributed by atoms with Crippen LogP contribution in [0, 0.1) is 6.92 Å². The van der Waals surface area contributed by atoms with E-state index in [2.05, 4.69) is 4.72 Å². The SMILES string of the molecule is Cc1cc(N)ccc1CCN(C)S(=O)(=O)NCc1ccccc1. The maximum atomic E-state index is 12.3. The first kappa shape index (κ1) is 17.5. The molecule has 3 N–H and O–H groups in total. The smallest absolute Gasteiger partial charge is 0.279 e. The number of nitrogens with zero attached hydrogens (tertiary/aromatic N) is 1. The number of anilines is 1. The van der Waals surface area contributed by atoms with Crippen LogP contribution in [0.15, 0.2) is 48.5 Å². The quantitative estimate of drug-likeness (QED) is 0.762. The summed E-state index contributed by atoms with van der Waals surface area (Å²) in [7, 11) is -1.91. The molecule has 0 spiro atoms. The second-order valence-electron chi connectivity index (χ2n) is 5.57. The number of nitrogens with two attached hydrogens (primary N) is 1. The third-order valence-electron chi connectivity index (χ3n) is 3.77. The summed E-state index contributed by atoms with van der Waals surface area (Å²) in [6.45, 7) is 2.68. The molecule has 0 fully saturated rings. The van der Waals surface area contributed by atoms with Gasteiger partial charge in [-0.25, -0.2) is 0 Å². The second-order valence-corrected chi connectivity index (χ2v) is 7.43. The Balaban J connectivity index is 1.92. The van der Waals surface area contributed by atoms with Gasteiger partial charge in [0.05, 0.1) is 0 Å². The van der Waals surface area contributed by atoms with E-state index in [-0.39, 0.29) is 6.54 Å². The number of nitrogen functional groups attached to an aromatic ring is 1. The van der Waals surface area contributed by atoms with Gasteiger partial charge in [-0.2, -0.15) is 17.4 Å². The van der Waals surface area contributed by atoms with Gasteiger partial charge >= 0.3 is 0 Å². The zero-order chi connectivity index (χ0) is 16.9. The average molecular weight is 333 g/mol. The lowest BCUT2D eigenvalue weighted by Gasteiger charge is -2.18. The lowest BCUT2D eigenvalue weighted by molar-refractivity contribution is 0.460. The summed E-state index contributed by atoms with van der Waals surface area (Å²) in [5.41, 5.74) is 9.56. The Bertz CT molecular complexity index is 746. The van der Waals surface area contributed by atoms with Crippen LogP contribution in [0.25, 0.3) is 0 Å². The van der Waals surface area contributed by atoms with E-state index in [0.29, 0.717) is 13.0 Å². The van der Waals surface area contributed by atoms with Gasteiger partial charge in [-0.15, -0.1) is 0 Å². The van der Waals surface area contributed by atoms with Crippen molar-refractivity contribution in [2.45, 2.75) is 19.9 Å². The number of nitrogens with one attached hydrogen (secondary N) is 1. The van der Waals surface area contributed by atoms with Crippen molar-refractivity contribution in [3.8, 4) is 0 Å². The molecular formula is C17H23N3O2S. The Hall–Kier alpha value is -1.89.